The Balaban J connectivity index is 0.00000220. The van der Waals surface area contributed by atoms with E-state index >= 15 is 0 Å². The van der Waals surface area contributed by atoms with E-state index in [-0.39, 0.29) is 24.0 Å². The van der Waals surface area contributed by atoms with Gasteiger partial charge in [-0.25, -0.2) is 0 Å². The largest absolute Gasteiger partial charge is 0.379 e. The molecule has 0 amide bonds. The molecular formula is C15H30IN3O2. The molecule has 2 N–H and O–H groups in total. The van der Waals surface area contributed by atoms with Crippen molar-refractivity contribution >= 4 is 29.9 Å². The quantitative estimate of drug-likeness (QED) is 0.278. The van der Waals surface area contributed by atoms with Crippen molar-refractivity contribution in [2.45, 2.75) is 51.2 Å². The van der Waals surface area contributed by atoms with Crippen molar-refractivity contribution in [3.8, 4) is 0 Å². The first-order chi connectivity index (χ1) is 9.83. The number of hydrogen-bond donors (Lipinski definition) is 2. The maximum Gasteiger partial charge on any atom is 0.191 e. The van der Waals surface area contributed by atoms with Gasteiger partial charge in [-0.2, -0.15) is 0 Å². The predicted octanol–water partition coefficient (Wildman–Crippen LogP) is 2.15. The first kappa shape index (κ1) is 19.0. The Hall–Kier alpha value is -0.0800. The Bertz CT molecular complexity index is 309. The van der Waals surface area contributed by atoms with Crippen molar-refractivity contribution in [2.24, 2.45) is 10.9 Å². The van der Waals surface area contributed by atoms with Crippen LogP contribution in [0.15, 0.2) is 4.99 Å². The highest BCUT2D eigenvalue weighted by Crippen LogP contribution is 2.34. The summed E-state index contributed by atoms with van der Waals surface area (Å²) in [7, 11) is 1.83. The predicted molar refractivity (Wildman–Crippen MR) is 96.5 cm³/mol. The Labute approximate surface area is 145 Å². The number of guanidine groups is 1. The number of hydrogen-bond acceptors (Lipinski definition) is 3. The van der Waals surface area contributed by atoms with Gasteiger partial charge in [-0.1, -0.05) is 13.3 Å². The van der Waals surface area contributed by atoms with Crippen LogP contribution in [0.25, 0.3) is 0 Å². The molecule has 6 heteroatoms. The number of halogens is 1. The van der Waals surface area contributed by atoms with Gasteiger partial charge in [0.05, 0.1) is 12.7 Å². The number of rotatable bonds is 8. The summed E-state index contributed by atoms with van der Waals surface area (Å²) in [5.41, 5.74) is 0. The van der Waals surface area contributed by atoms with Crippen LogP contribution in [0, 0.1) is 5.92 Å². The third-order valence-electron chi connectivity index (χ3n) is 3.98. The minimum atomic E-state index is 0. The average molecular weight is 411 g/mol. The lowest BCUT2D eigenvalue weighted by molar-refractivity contribution is 0.0420. The Morgan fingerprint density at radius 2 is 2.29 bits per heavy atom. The molecule has 0 radical (unpaired) electrons. The van der Waals surface area contributed by atoms with E-state index in [0.717, 1.165) is 51.1 Å². The number of aliphatic imine (C=N–C) groups is 1. The summed E-state index contributed by atoms with van der Waals surface area (Å²) < 4.78 is 11.0. The molecule has 2 rings (SSSR count). The second-order valence-corrected chi connectivity index (χ2v) is 5.74. The van der Waals surface area contributed by atoms with Crippen LogP contribution in [-0.2, 0) is 9.47 Å². The molecular weight excluding hydrogens is 381 g/mol. The standard InChI is InChI=1S/C15H29N3O2.HI/c1-3-5-12-10-14(12)18-15(16-2)17-7-4-8-20-13-6-9-19-11-13;/h12-14H,3-11H2,1-2H3,(H2,16,17,18);1H. The molecule has 1 heterocycles. The van der Waals surface area contributed by atoms with Gasteiger partial charge < -0.3 is 20.1 Å². The van der Waals surface area contributed by atoms with Gasteiger partial charge in [-0.15, -0.1) is 24.0 Å². The minimum absolute atomic E-state index is 0. The molecule has 1 saturated heterocycles. The van der Waals surface area contributed by atoms with E-state index in [9.17, 15) is 0 Å². The maximum absolute atomic E-state index is 5.74. The van der Waals surface area contributed by atoms with Crippen molar-refractivity contribution in [3.63, 3.8) is 0 Å². The first-order valence-corrected chi connectivity index (χ1v) is 8.00. The van der Waals surface area contributed by atoms with Crippen molar-refractivity contribution in [1.82, 2.24) is 10.6 Å². The van der Waals surface area contributed by atoms with E-state index < -0.39 is 0 Å². The molecule has 0 aromatic heterocycles. The van der Waals surface area contributed by atoms with E-state index in [1.807, 2.05) is 7.05 Å². The molecule has 1 saturated carbocycles. The molecule has 0 spiro atoms. The van der Waals surface area contributed by atoms with Crippen molar-refractivity contribution in [2.75, 3.05) is 33.4 Å². The van der Waals surface area contributed by atoms with Crippen LogP contribution < -0.4 is 10.6 Å². The summed E-state index contributed by atoms with van der Waals surface area (Å²) >= 11 is 0. The van der Waals surface area contributed by atoms with E-state index in [0.29, 0.717) is 12.1 Å². The molecule has 3 unspecified atom stereocenters. The summed E-state index contributed by atoms with van der Waals surface area (Å²) in [4.78, 5) is 4.27. The lowest BCUT2D eigenvalue weighted by Crippen LogP contribution is -2.39. The molecule has 3 atom stereocenters. The average Bonchev–Trinajstić information content (AvgIpc) is 2.97. The zero-order chi connectivity index (χ0) is 14.2. The molecule has 124 valence electrons. The van der Waals surface area contributed by atoms with Gasteiger partial charge >= 0.3 is 0 Å². The summed E-state index contributed by atoms with van der Waals surface area (Å²) in [5.74, 6) is 1.78. The fraction of sp³-hybridized carbons (Fsp3) is 0.933. The fourth-order valence-electron chi connectivity index (χ4n) is 2.66. The zero-order valence-electron chi connectivity index (χ0n) is 13.3. The van der Waals surface area contributed by atoms with Gasteiger partial charge in [-0.05, 0) is 31.6 Å². The van der Waals surface area contributed by atoms with Crippen molar-refractivity contribution < 1.29 is 9.47 Å². The molecule has 0 aromatic rings. The van der Waals surface area contributed by atoms with E-state index in [4.69, 9.17) is 9.47 Å². The van der Waals surface area contributed by atoms with Crippen LogP contribution in [0.2, 0.25) is 0 Å². The number of nitrogens with one attached hydrogen (secondary N) is 2. The summed E-state index contributed by atoms with van der Waals surface area (Å²) in [5, 5.41) is 6.84. The second-order valence-electron chi connectivity index (χ2n) is 5.74. The SMILES string of the molecule is CCCC1CC1NC(=NC)NCCCOC1CCOC1.I. The molecule has 2 fully saturated rings. The third-order valence-corrected chi connectivity index (χ3v) is 3.98. The topological polar surface area (TPSA) is 54.9 Å². The van der Waals surface area contributed by atoms with E-state index in [2.05, 4.69) is 22.5 Å². The van der Waals surface area contributed by atoms with E-state index in [1.165, 1.54) is 19.3 Å². The van der Waals surface area contributed by atoms with E-state index in [1.54, 1.807) is 0 Å². The minimum Gasteiger partial charge on any atom is -0.379 e. The highest BCUT2D eigenvalue weighted by Gasteiger charge is 2.36. The maximum atomic E-state index is 5.74. The molecule has 21 heavy (non-hydrogen) atoms. The Morgan fingerprint density at radius 1 is 1.43 bits per heavy atom. The van der Waals surface area contributed by atoms with Gasteiger partial charge in [0, 0.05) is 32.8 Å². The van der Waals surface area contributed by atoms with Gasteiger partial charge in [0.15, 0.2) is 5.96 Å². The third kappa shape index (κ3) is 7.15. The van der Waals surface area contributed by atoms with Crippen LogP contribution >= 0.6 is 24.0 Å². The van der Waals surface area contributed by atoms with Gasteiger partial charge in [0.1, 0.15) is 0 Å². The monoisotopic (exact) mass is 411 g/mol. The zero-order valence-corrected chi connectivity index (χ0v) is 15.6. The molecule has 5 nitrogen and oxygen atoms in total. The normalized spacial score (nSPS) is 28.1. The van der Waals surface area contributed by atoms with Gasteiger partial charge in [0.2, 0.25) is 0 Å². The van der Waals surface area contributed by atoms with Crippen LogP contribution in [0.1, 0.15) is 39.0 Å². The number of ether oxygens (including phenoxy) is 2. The van der Waals surface area contributed by atoms with Crippen LogP contribution in [0.5, 0.6) is 0 Å². The molecule has 0 bridgehead atoms. The van der Waals surface area contributed by atoms with Crippen molar-refractivity contribution in [1.29, 1.82) is 0 Å². The smallest absolute Gasteiger partial charge is 0.191 e. The molecule has 1 aliphatic heterocycles. The van der Waals surface area contributed by atoms with Gasteiger partial charge in [-0.3, -0.25) is 4.99 Å². The molecule has 1 aliphatic carbocycles. The lowest BCUT2D eigenvalue weighted by Gasteiger charge is -2.13. The second kappa shape index (κ2) is 10.6. The Morgan fingerprint density at radius 3 is 2.95 bits per heavy atom. The van der Waals surface area contributed by atoms with Gasteiger partial charge in [0.25, 0.3) is 0 Å². The van der Waals surface area contributed by atoms with Crippen molar-refractivity contribution in [3.05, 3.63) is 0 Å². The number of nitrogens with zero attached hydrogens (tertiary/aromatic N) is 1. The summed E-state index contributed by atoms with van der Waals surface area (Å²) in [6.07, 6.45) is 6.24. The lowest BCUT2D eigenvalue weighted by atomic mass is 10.2. The van der Waals surface area contributed by atoms with Crippen LogP contribution in [-0.4, -0.2) is 51.5 Å². The van der Waals surface area contributed by atoms with Crippen LogP contribution in [0.4, 0.5) is 0 Å². The molecule has 2 aliphatic rings. The molecule has 0 aromatic carbocycles. The summed E-state index contributed by atoms with van der Waals surface area (Å²) in [6.45, 7) is 5.55. The highest BCUT2D eigenvalue weighted by molar-refractivity contribution is 14.0. The summed E-state index contributed by atoms with van der Waals surface area (Å²) in [6, 6.07) is 0.632. The Kier molecular flexibility index (Phi) is 9.59. The fourth-order valence-corrected chi connectivity index (χ4v) is 2.66. The highest BCUT2D eigenvalue weighted by atomic mass is 127. The first-order valence-electron chi connectivity index (χ1n) is 8.00. The van der Waals surface area contributed by atoms with Crippen LogP contribution in [0.3, 0.4) is 0 Å².